The Hall–Kier alpha value is -2.20. The fraction of sp³-hybridized carbons (Fsp3) is 0.350. The Morgan fingerprint density at radius 2 is 1.64 bits per heavy atom. The van der Waals surface area contributed by atoms with Crippen molar-refractivity contribution in [2.75, 3.05) is 18.9 Å². The van der Waals surface area contributed by atoms with Crippen molar-refractivity contribution in [1.82, 2.24) is 5.32 Å². The zero-order chi connectivity index (χ0) is 17.6. The standard InChI is InChI=1S/C20H26N2O2.ClH/c1-20(2,3)16-6-10-18(11-7-16)24-14-19(23)22-13-12-15-4-8-17(21)9-5-15;/h4-11H,12-14,21H2,1-3H3,(H,22,23);1H. The van der Waals surface area contributed by atoms with E-state index >= 15 is 0 Å². The van der Waals surface area contributed by atoms with Gasteiger partial charge in [-0.15, -0.1) is 12.4 Å². The van der Waals surface area contributed by atoms with Crippen LogP contribution in [0.1, 0.15) is 31.9 Å². The number of amides is 1. The molecule has 0 saturated carbocycles. The van der Waals surface area contributed by atoms with E-state index < -0.39 is 0 Å². The second-order valence-electron chi connectivity index (χ2n) is 6.90. The molecule has 0 unspecified atom stereocenters. The highest BCUT2D eigenvalue weighted by molar-refractivity contribution is 5.85. The SMILES string of the molecule is CC(C)(C)c1ccc(OCC(=O)NCCc2ccc(N)cc2)cc1.Cl. The summed E-state index contributed by atoms with van der Waals surface area (Å²) in [6, 6.07) is 15.5. The molecule has 3 N–H and O–H groups in total. The predicted octanol–water partition coefficient (Wildman–Crippen LogP) is 3.73. The summed E-state index contributed by atoms with van der Waals surface area (Å²) in [5.41, 5.74) is 8.88. The summed E-state index contributed by atoms with van der Waals surface area (Å²) in [6.45, 7) is 7.10. The molecule has 0 fully saturated rings. The first kappa shape index (κ1) is 20.8. The molecular weight excluding hydrogens is 336 g/mol. The van der Waals surface area contributed by atoms with Crippen LogP contribution < -0.4 is 15.8 Å². The van der Waals surface area contributed by atoms with Crippen molar-refractivity contribution in [3.05, 3.63) is 59.7 Å². The quantitative estimate of drug-likeness (QED) is 0.769. The van der Waals surface area contributed by atoms with Crippen LogP contribution in [0.5, 0.6) is 5.75 Å². The number of benzene rings is 2. The van der Waals surface area contributed by atoms with Crippen molar-refractivity contribution in [3.8, 4) is 5.75 Å². The van der Waals surface area contributed by atoms with Crippen LogP contribution in [0.4, 0.5) is 5.69 Å². The molecule has 5 heteroatoms. The van der Waals surface area contributed by atoms with E-state index in [0.29, 0.717) is 12.3 Å². The van der Waals surface area contributed by atoms with Gasteiger partial charge in [0.25, 0.3) is 5.91 Å². The van der Waals surface area contributed by atoms with Crippen molar-refractivity contribution in [2.45, 2.75) is 32.6 Å². The molecule has 136 valence electrons. The molecule has 0 atom stereocenters. The van der Waals surface area contributed by atoms with Gasteiger partial charge in [-0.05, 0) is 47.2 Å². The molecule has 0 aliphatic carbocycles. The van der Waals surface area contributed by atoms with E-state index in [4.69, 9.17) is 10.5 Å². The molecule has 1 amide bonds. The summed E-state index contributed by atoms with van der Waals surface area (Å²) in [7, 11) is 0. The Bertz CT molecular complexity index is 662. The molecule has 0 aromatic heterocycles. The summed E-state index contributed by atoms with van der Waals surface area (Å²) >= 11 is 0. The van der Waals surface area contributed by atoms with Crippen molar-refractivity contribution in [3.63, 3.8) is 0 Å². The minimum absolute atomic E-state index is 0. The average molecular weight is 363 g/mol. The molecule has 0 aliphatic heterocycles. The number of hydrogen-bond donors (Lipinski definition) is 2. The second kappa shape index (κ2) is 9.33. The highest BCUT2D eigenvalue weighted by Gasteiger charge is 2.13. The van der Waals surface area contributed by atoms with Crippen LogP contribution in [0.25, 0.3) is 0 Å². The van der Waals surface area contributed by atoms with Gasteiger partial charge in [0.1, 0.15) is 5.75 Å². The van der Waals surface area contributed by atoms with Gasteiger partial charge in [0, 0.05) is 12.2 Å². The third-order valence-electron chi connectivity index (χ3n) is 3.81. The Morgan fingerprint density at radius 1 is 1.04 bits per heavy atom. The molecular formula is C20H27ClN2O2. The van der Waals surface area contributed by atoms with E-state index in [-0.39, 0.29) is 30.3 Å². The van der Waals surface area contributed by atoms with Crippen molar-refractivity contribution >= 4 is 24.0 Å². The molecule has 2 aromatic rings. The topological polar surface area (TPSA) is 64.3 Å². The molecule has 0 radical (unpaired) electrons. The van der Waals surface area contributed by atoms with Crippen LogP contribution >= 0.6 is 12.4 Å². The van der Waals surface area contributed by atoms with Gasteiger partial charge < -0.3 is 15.8 Å². The minimum atomic E-state index is -0.120. The molecule has 0 spiro atoms. The Morgan fingerprint density at radius 3 is 2.20 bits per heavy atom. The number of carbonyl (C=O) groups excluding carboxylic acids is 1. The molecule has 0 heterocycles. The lowest BCUT2D eigenvalue weighted by molar-refractivity contribution is -0.123. The van der Waals surface area contributed by atoms with E-state index in [0.717, 1.165) is 17.7 Å². The Kier molecular flexibility index (Phi) is 7.78. The van der Waals surface area contributed by atoms with Crippen molar-refractivity contribution in [2.24, 2.45) is 0 Å². The Balaban J connectivity index is 0.00000312. The molecule has 4 nitrogen and oxygen atoms in total. The normalized spacial score (nSPS) is 10.7. The van der Waals surface area contributed by atoms with Gasteiger partial charge in [-0.2, -0.15) is 0 Å². The van der Waals surface area contributed by atoms with Gasteiger partial charge in [-0.1, -0.05) is 45.0 Å². The first-order valence-electron chi connectivity index (χ1n) is 8.19. The maximum absolute atomic E-state index is 11.8. The van der Waals surface area contributed by atoms with Gasteiger partial charge in [0.2, 0.25) is 0 Å². The smallest absolute Gasteiger partial charge is 0.257 e. The van der Waals surface area contributed by atoms with Crippen molar-refractivity contribution in [1.29, 1.82) is 0 Å². The van der Waals surface area contributed by atoms with Gasteiger partial charge >= 0.3 is 0 Å². The molecule has 25 heavy (non-hydrogen) atoms. The lowest BCUT2D eigenvalue weighted by atomic mass is 9.87. The number of ether oxygens (including phenoxy) is 1. The van der Waals surface area contributed by atoms with Gasteiger partial charge in [0.05, 0.1) is 0 Å². The van der Waals surface area contributed by atoms with Crippen LogP contribution in [0.3, 0.4) is 0 Å². The number of rotatable bonds is 6. The first-order valence-corrected chi connectivity index (χ1v) is 8.19. The number of nitrogens with two attached hydrogens (primary N) is 1. The summed E-state index contributed by atoms with van der Waals surface area (Å²) in [4.78, 5) is 11.8. The number of halogens is 1. The summed E-state index contributed by atoms with van der Waals surface area (Å²) in [5.74, 6) is 0.585. The van der Waals surface area contributed by atoms with Crippen LogP contribution in [-0.2, 0) is 16.6 Å². The van der Waals surface area contributed by atoms with Crippen LogP contribution in [-0.4, -0.2) is 19.1 Å². The first-order chi connectivity index (χ1) is 11.3. The fourth-order valence-corrected chi connectivity index (χ4v) is 2.28. The molecule has 2 rings (SSSR count). The lowest BCUT2D eigenvalue weighted by Crippen LogP contribution is -2.30. The highest BCUT2D eigenvalue weighted by atomic mass is 35.5. The van der Waals surface area contributed by atoms with E-state index in [2.05, 4.69) is 26.1 Å². The van der Waals surface area contributed by atoms with Crippen LogP contribution in [0, 0.1) is 0 Å². The molecule has 0 saturated heterocycles. The summed E-state index contributed by atoms with van der Waals surface area (Å²) in [6.07, 6.45) is 0.770. The van der Waals surface area contributed by atoms with Gasteiger partial charge in [-0.25, -0.2) is 0 Å². The van der Waals surface area contributed by atoms with E-state index in [1.54, 1.807) is 0 Å². The number of anilines is 1. The number of hydrogen-bond acceptors (Lipinski definition) is 3. The third kappa shape index (κ3) is 7.06. The maximum Gasteiger partial charge on any atom is 0.257 e. The lowest BCUT2D eigenvalue weighted by Gasteiger charge is -2.19. The summed E-state index contributed by atoms with van der Waals surface area (Å²) < 4.78 is 5.53. The summed E-state index contributed by atoms with van der Waals surface area (Å²) in [5, 5.41) is 2.86. The van der Waals surface area contributed by atoms with E-state index in [1.807, 2.05) is 48.5 Å². The predicted molar refractivity (Wildman–Crippen MR) is 105 cm³/mol. The molecule has 0 bridgehead atoms. The molecule has 0 aliphatic rings. The molecule has 2 aromatic carbocycles. The third-order valence-corrected chi connectivity index (χ3v) is 3.81. The fourth-order valence-electron chi connectivity index (χ4n) is 2.28. The Labute approximate surface area is 156 Å². The van der Waals surface area contributed by atoms with E-state index in [9.17, 15) is 4.79 Å². The van der Waals surface area contributed by atoms with E-state index in [1.165, 1.54) is 5.56 Å². The van der Waals surface area contributed by atoms with Gasteiger partial charge in [0.15, 0.2) is 6.61 Å². The maximum atomic E-state index is 11.8. The van der Waals surface area contributed by atoms with Crippen LogP contribution in [0.2, 0.25) is 0 Å². The average Bonchev–Trinajstić information content (AvgIpc) is 2.54. The monoisotopic (exact) mass is 362 g/mol. The number of carbonyl (C=O) groups is 1. The largest absolute Gasteiger partial charge is 0.484 e. The van der Waals surface area contributed by atoms with Crippen molar-refractivity contribution < 1.29 is 9.53 Å². The highest BCUT2D eigenvalue weighted by Crippen LogP contribution is 2.24. The number of nitrogens with one attached hydrogen (secondary N) is 1. The second-order valence-corrected chi connectivity index (χ2v) is 6.90. The zero-order valence-electron chi connectivity index (χ0n) is 15.0. The minimum Gasteiger partial charge on any atom is -0.484 e. The number of nitrogen functional groups attached to an aromatic ring is 1. The van der Waals surface area contributed by atoms with Crippen LogP contribution in [0.15, 0.2) is 48.5 Å². The zero-order valence-corrected chi connectivity index (χ0v) is 15.9. The van der Waals surface area contributed by atoms with Gasteiger partial charge in [-0.3, -0.25) is 4.79 Å².